The third kappa shape index (κ3) is 1.95. The van der Waals surface area contributed by atoms with E-state index in [0.29, 0.717) is 17.9 Å². The Hall–Kier alpha value is -2.10. The van der Waals surface area contributed by atoms with Gasteiger partial charge in [0.2, 0.25) is 0 Å². The summed E-state index contributed by atoms with van der Waals surface area (Å²) in [6, 6.07) is 7.39. The molecule has 0 saturated heterocycles. The van der Waals surface area contributed by atoms with Crippen molar-refractivity contribution < 1.29 is 14.1 Å². The molecule has 0 aliphatic rings. The van der Waals surface area contributed by atoms with Crippen molar-refractivity contribution in [3.05, 3.63) is 36.1 Å². The molecule has 1 aromatic heterocycles. The number of hydrogen-bond acceptors (Lipinski definition) is 4. The van der Waals surface area contributed by atoms with Crippen LogP contribution in [0, 0.1) is 0 Å². The highest BCUT2D eigenvalue weighted by molar-refractivity contribution is 5.85. The van der Waals surface area contributed by atoms with Gasteiger partial charge in [-0.1, -0.05) is 17.3 Å². The summed E-state index contributed by atoms with van der Waals surface area (Å²) in [6.07, 6.45) is 2.05. The number of carbonyl (C=O) groups excluding carboxylic acids is 1. The van der Waals surface area contributed by atoms with Crippen LogP contribution < -0.4 is 4.74 Å². The number of nitrogens with zero attached hydrogens (tertiary/aromatic N) is 1. The molecule has 16 heavy (non-hydrogen) atoms. The predicted molar refractivity (Wildman–Crippen MR) is 58.5 cm³/mol. The maximum Gasteiger partial charge on any atom is 0.155 e. The number of aromatic nitrogens is 1. The van der Waals surface area contributed by atoms with Crippen LogP contribution in [0.1, 0.15) is 17.3 Å². The number of aldehydes is 1. The molecule has 0 saturated carbocycles. The van der Waals surface area contributed by atoms with E-state index in [4.69, 9.17) is 9.26 Å². The number of hydrogen-bond donors (Lipinski definition) is 0. The van der Waals surface area contributed by atoms with Crippen molar-refractivity contribution >= 4 is 6.29 Å². The van der Waals surface area contributed by atoms with Gasteiger partial charge in [0.25, 0.3) is 0 Å². The van der Waals surface area contributed by atoms with Gasteiger partial charge >= 0.3 is 0 Å². The third-order valence-corrected chi connectivity index (χ3v) is 2.14. The first-order valence-electron chi connectivity index (χ1n) is 4.98. The maximum atomic E-state index is 10.7. The quantitative estimate of drug-likeness (QED) is 0.738. The molecule has 0 aliphatic heterocycles. The summed E-state index contributed by atoms with van der Waals surface area (Å²) in [4.78, 5) is 10.7. The van der Waals surface area contributed by atoms with E-state index in [0.717, 1.165) is 17.6 Å². The lowest BCUT2D eigenvalue weighted by Gasteiger charge is -2.04. The van der Waals surface area contributed by atoms with Crippen molar-refractivity contribution in [1.82, 2.24) is 5.16 Å². The summed E-state index contributed by atoms with van der Waals surface area (Å²) in [6.45, 7) is 2.52. The first-order valence-corrected chi connectivity index (χ1v) is 4.98. The average molecular weight is 217 g/mol. The monoisotopic (exact) mass is 217 g/mol. The largest absolute Gasteiger partial charge is 0.494 e. The standard InChI is InChI=1S/C12H11NO3/c1-2-15-11-5-3-4-9(6-11)12-10(7-14)8-16-13-12/h3-8H,2H2,1H3. The highest BCUT2D eigenvalue weighted by atomic mass is 16.5. The van der Waals surface area contributed by atoms with Gasteiger partial charge in [0.1, 0.15) is 17.7 Å². The third-order valence-electron chi connectivity index (χ3n) is 2.14. The molecule has 1 aromatic carbocycles. The summed E-state index contributed by atoms with van der Waals surface area (Å²) in [7, 11) is 0. The maximum absolute atomic E-state index is 10.7. The molecule has 0 spiro atoms. The zero-order valence-corrected chi connectivity index (χ0v) is 8.84. The zero-order chi connectivity index (χ0) is 11.4. The minimum absolute atomic E-state index is 0.439. The number of benzene rings is 1. The Morgan fingerprint density at radius 2 is 2.38 bits per heavy atom. The Kier molecular flexibility index (Phi) is 3.00. The summed E-state index contributed by atoms with van der Waals surface area (Å²) >= 11 is 0. The van der Waals surface area contributed by atoms with Crippen LogP contribution in [0.2, 0.25) is 0 Å². The van der Waals surface area contributed by atoms with E-state index in [9.17, 15) is 4.79 Å². The molecule has 0 fully saturated rings. The molecule has 0 radical (unpaired) electrons. The SMILES string of the molecule is CCOc1cccc(-c2nocc2C=O)c1. The summed E-state index contributed by atoms with van der Waals surface area (Å²) in [5, 5.41) is 3.80. The predicted octanol–water partition coefficient (Wildman–Crippen LogP) is 2.55. The normalized spacial score (nSPS) is 10.1. The molecule has 2 rings (SSSR count). The molecule has 0 atom stereocenters. The van der Waals surface area contributed by atoms with E-state index >= 15 is 0 Å². The van der Waals surface area contributed by atoms with Gasteiger partial charge in [0.05, 0.1) is 12.2 Å². The highest BCUT2D eigenvalue weighted by Gasteiger charge is 2.09. The minimum atomic E-state index is 0.439. The summed E-state index contributed by atoms with van der Waals surface area (Å²) in [5.41, 5.74) is 1.78. The van der Waals surface area contributed by atoms with E-state index < -0.39 is 0 Å². The Bertz CT molecular complexity index is 491. The molecule has 0 amide bonds. The molecule has 4 heteroatoms. The molecule has 4 nitrogen and oxygen atoms in total. The lowest BCUT2D eigenvalue weighted by atomic mass is 10.1. The summed E-state index contributed by atoms with van der Waals surface area (Å²) in [5.74, 6) is 0.750. The first-order chi connectivity index (χ1) is 7.85. The molecule has 0 N–H and O–H groups in total. The van der Waals surface area contributed by atoms with Crippen LogP contribution in [-0.4, -0.2) is 18.0 Å². The van der Waals surface area contributed by atoms with E-state index in [1.807, 2.05) is 31.2 Å². The fourth-order valence-corrected chi connectivity index (χ4v) is 1.45. The van der Waals surface area contributed by atoms with Gasteiger partial charge in [-0.25, -0.2) is 0 Å². The highest BCUT2D eigenvalue weighted by Crippen LogP contribution is 2.24. The van der Waals surface area contributed by atoms with Crippen molar-refractivity contribution in [3.63, 3.8) is 0 Å². The Balaban J connectivity index is 2.40. The lowest BCUT2D eigenvalue weighted by Crippen LogP contribution is -1.92. The molecule has 82 valence electrons. The van der Waals surface area contributed by atoms with Gasteiger partial charge in [0.15, 0.2) is 6.29 Å². The van der Waals surface area contributed by atoms with E-state index in [1.54, 1.807) is 0 Å². The molecule has 0 bridgehead atoms. The summed E-state index contributed by atoms with van der Waals surface area (Å²) < 4.78 is 10.1. The van der Waals surface area contributed by atoms with E-state index in [-0.39, 0.29) is 0 Å². The second-order valence-corrected chi connectivity index (χ2v) is 3.20. The van der Waals surface area contributed by atoms with Crippen LogP contribution in [-0.2, 0) is 0 Å². The van der Waals surface area contributed by atoms with Crippen LogP contribution in [0.15, 0.2) is 35.1 Å². The average Bonchev–Trinajstić information content (AvgIpc) is 2.78. The van der Waals surface area contributed by atoms with Gasteiger partial charge in [-0.05, 0) is 19.1 Å². The molecule has 0 unspecified atom stereocenters. The second kappa shape index (κ2) is 4.61. The van der Waals surface area contributed by atoms with Crippen LogP contribution in [0.4, 0.5) is 0 Å². The topological polar surface area (TPSA) is 52.3 Å². The Morgan fingerprint density at radius 1 is 1.50 bits per heavy atom. The Labute approximate surface area is 92.8 Å². The van der Waals surface area contributed by atoms with E-state index in [2.05, 4.69) is 5.16 Å². The molecular formula is C12H11NO3. The van der Waals surface area contributed by atoms with Crippen LogP contribution in [0.5, 0.6) is 5.75 Å². The fraction of sp³-hybridized carbons (Fsp3) is 0.167. The molecular weight excluding hydrogens is 206 g/mol. The second-order valence-electron chi connectivity index (χ2n) is 3.20. The van der Waals surface area contributed by atoms with Gasteiger partial charge in [0, 0.05) is 5.56 Å². The fourth-order valence-electron chi connectivity index (χ4n) is 1.45. The van der Waals surface area contributed by atoms with E-state index in [1.165, 1.54) is 6.26 Å². The smallest absolute Gasteiger partial charge is 0.155 e. The van der Waals surface area contributed by atoms with Crippen molar-refractivity contribution in [1.29, 1.82) is 0 Å². The Morgan fingerprint density at radius 3 is 3.12 bits per heavy atom. The van der Waals surface area contributed by atoms with Gasteiger partial charge in [-0.15, -0.1) is 0 Å². The first kappa shape index (κ1) is 10.4. The minimum Gasteiger partial charge on any atom is -0.494 e. The molecule has 1 heterocycles. The number of carbonyl (C=O) groups is 1. The zero-order valence-electron chi connectivity index (χ0n) is 8.84. The van der Waals surface area contributed by atoms with Gasteiger partial charge < -0.3 is 9.26 Å². The molecule has 0 aliphatic carbocycles. The van der Waals surface area contributed by atoms with Crippen molar-refractivity contribution in [2.45, 2.75) is 6.92 Å². The van der Waals surface area contributed by atoms with Crippen molar-refractivity contribution in [2.75, 3.05) is 6.61 Å². The molecule has 2 aromatic rings. The van der Waals surface area contributed by atoms with Gasteiger partial charge in [-0.2, -0.15) is 0 Å². The lowest BCUT2D eigenvalue weighted by molar-refractivity contribution is 0.112. The number of ether oxygens (including phenoxy) is 1. The van der Waals surface area contributed by atoms with Crippen LogP contribution in [0.25, 0.3) is 11.3 Å². The van der Waals surface area contributed by atoms with Crippen molar-refractivity contribution in [2.24, 2.45) is 0 Å². The van der Waals surface area contributed by atoms with Crippen molar-refractivity contribution in [3.8, 4) is 17.0 Å². The van der Waals surface area contributed by atoms with Crippen LogP contribution in [0.3, 0.4) is 0 Å². The van der Waals surface area contributed by atoms with Gasteiger partial charge in [-0.3, -0.25) is 4.79 Å². The van der Waals surface area contributed by atoms with Crippen LogP contribution >= 0.6 is 0 Å². The number of rotatable bonds is 4.